The third-order valence-corrected chi connectivity index (χ3v) is 4.39. The fraction of sp³-hybridized carbons (Fsp3) is 0.692. The van der Waals surface area contributed by atoms with Crippen LogP contribution in [-0.4, -0.2) is 31.6 Å². The smallest absolute Gasteiger partial charge is 0.0216 e. The zero-order valence-corrected chi connectivity index (χ0v) is 11.4. The molecule has 1 aliphatic rings. The van der Waals surface area contributed by atoms with Gasteiger partial charge < -0.3 is 10.2 Å². The third-order valence-electron chi connectivity index (χ3n) is 3.38. The Labute approximate surface area is 103 Å². The van der Waals surface area contributed by atoms with Gasteiger partial charge in [-0.05, 0) is 58.0 Å². The number of hydrogen-bond donors (Lipinski definition) is 1. The van der Waals surface area contributed by atoms with Crippen molar-refractivity contribution in [2.45, 2.75) is 26.8 Å². The van der Waals surface area contributed by atoms with Crippen molar-refractivity contribution < 1.29 is 0 Å². The molecule has 0 amide bonds. The van der Waals surface area contributed by atoms with Crippen LogP contribution >= 0.6 is 11.3 Å². The van der Waals surface area contributed by atoms with E-state index < -0.39 is 0 Å². The molecule has 1 aliphatic heterocycles. The van der Waals surface area contributed by atoms with E-state index in [4.69, 9.17) is 0 Å². The Balaban J connectivity index is 1.74. The summed E-state index contributed by atoms with van der Waals surface area (Å²) < 4.78 is 0. The highest BCUT2D eigenvalue weighted by molar-refractivity contribution is 7.12. The van der Waals surface area contributed by atoms with Gasteiger partial charge in [-0.15, -0.1) is 11.3 Å². The summed E-state index contributed by atoms with van der Waals surface area (Å²) in [7, 11) is 2.21. The predicted octanol–water partition coefficient (Wildman–Crippen LogP) is 2.41. The molecule has 1 fully saturated rings. The summed E-state index contributed by atoms with van der Waals surface area (Å²) in [5.74, 6) is 0.852. The van der Waals surface area contributed by atoms with E-state index in [1.807, 2.05) is 11.3 Å². The molecule has 1 aromatic rings. The molecule has 0 aromatic carbocycles. The third kappa shape index (κ3) is 3.06. The highest BCUT2D eigenvalue weighted by atomic mass is 32.1. The molecular weight excluding hydrogens is 216 g/mol. The molecule has 2 rings (SSSR count). The Morgan fingerprint density at radius 3 is 2.88 bits per heavy atom. The number of aryl methyl sites for hydroxylation is 2. The van der Waals surface area contributed by atoms with Gasteiger partial charge >= 0.3 is 0 Å². The molecule has 3 heteroatoms. The number of likely N-dealkylation sites (tertiary alicyclic amines) is 1. The minimum Gasteiger partial charge on any atom is -0.312 e. The van der Waals surface area contributed by atoms with Crippen LogP contribution < -0.4 is 5.32 Å². The van der Waals surface area contributed by atoms with Gasteiger partial charge in [0.15, 0.2) is 0 Å². The molecule has 1 aromatic heterocycles. The van der Waals surface area contributed by atoms with E-state index in [1.54, 1.807) is 0 Å². The zero-order valence-electron chi connectivity index (χ0n) is 10.5. The molecule has 2 nitrogen and oxygen atoms in total. The standard InChI is InChI=1S/C13H22N2S/c1-10-6-13(11(2)16-10)8-14-7-12-4-5-15(3)9-12/h6,12,14H,4-5,7-9H2,1-3H3. The van der Waals surface area contributed by atoms with Gasteiger partial charge in [0.05, 0.1) is 0 Å². The Bertz CT molecular complexity index is 346. The Hall–Kier alpha value is -0.380. The van der Waals surface area contributed by atoms with Gasteiger partial charge in [0.25, 0.3) is 0 Å². The van der Waals surface area contributed by atoms with Crippen LogP contribution in [0.3, 0.4) is 0 Å². The van der Waals surface area contributed by atoms with Crippen molar-refractivity contribution in [1.29, 1.82) is 0 Å². The van der Waals surface area contributed by atoms with Crippen molar-refractivity contribution in [3.8, 4) is 0 Å². The van der Waals surface area contributed by atoms with Crippen LogP contribution in [0.5, 0.6) is 0 Å². The van der Waals surface area contributed by atoms with E-state index in [0.717, 1.165) is 12.5 Å². The fourth-order valence-corrected chi connectivity index (χ4v) is 3.41. The second kappa shape index (κ2) is 5.30. The van der Waals surface area contributed by atoms with Crippen LogP contribution in [0, 0.1) is 19.8 Å². The monoisotopic (exact) mass is 238 g/mol. The van der Waals surface area contributed by atoms with Crippen LogP contribution in [0.15, 0.2) is 6.07 Å². The second-order valence-corrected chi connectivity index (χ2v) is 6.45. The highest BCUT2D eigenvalue weighted by Crippen LogP contribution is 2.20. The average Bonchev–Trinajstić information content (AvgIpc) is 2.74. The molecule has 16 heavy (non-hydrogen) atoms. The van der Waals surface area contributed by atoms with Gasteiger partial charge in [-0.2, -0.15) is 0 Å². The molecule has 1 saturated heterocycles. The minimum atomic E-state index is 0.852. The van der Waals surface area contributed by atoms with Crippen molar-refractivity contribution in [3.05, 3.63) is 21.4 Å². The summed E-state index contributed by atoms with van der Waals surface area (Å²) in [5, 5.41) is 3.60. The van der Waals surface area contributed by atoms with E-state index in [-0.39, 0.29) is 0 Å². The maximum atomic E-state index is 3.60. The number of thiophene rings is 1. The molecule has 1 atom stereocenters. The first kappa shape index (κ1) is 12.1. The summed E-state index contributed by atoms with van der Waals surface area (Å²) in [6.07, 6.45) is 1.35. The number of nitrogens with zero attached hydrogens (tertiary/aromatic N) is 1. The maximum absolute atomic E-state index is 3.60. The van der Waals surface area contributed by atoms with Crippen LogP contribution in [0.2, 0.25) is 0 Å². The van der Waals surface area contributed by atoms with Gasteiger partial charge in [-0.3, -0.25) is 0 Å². The summed E-state index contributed by atoms with van der Waals surface area (Å²) >= 11 is 1.90. The number of rotatable bonds is 4. The van der Waals surface area contributed by atoms with Gasteiger partial charge in [0.1, 0.15) is 0 Å². The van der Waals surface area contributed by atoms with Crippen molar-refractivity contribution in [3.63, 3.8) is 0 Å². The molecule has 0 saturated carbocycles. The van der Waals surface area contributed by atoms with Crippen molar-refractivity contribution in [2.75, 3.05) is 26.7 Å². The van der Waals surface area contributed by atoms with Gasteiger partial charge in [0.2, 0.25) is 0 Å². The molecule has 0 spiro atoms. The normalized spacial score (nSPS) is 21.8. The predicted molar refractivity (Wildman–Crippen MR) is 71.1 cm³/mol. The van der Waals surface area contributed by atoms with E-state index >= 15 is 0 Å². The lowest BCUT2D eigenvalue weighted by atomic mass is 10.1. The molecule has 2 heterocycles. The van der Waals surface area contributed by atoms with Crippen LogP contribution in [0.4, 0.5) is 0 Å². The summed E-state index contributed by atoms with van der Waals surface area (Å²) in [6, 6.07) is 2.31. The number of nitrogens with one attached hydrogen (secondary N) is 1. The molecule has 1 N–H and O–H groups in total. The highest BCUT2D eigenvalue weighted by Gasteiger charge is 2.18. The second-order valence-electron chi connectivity index (χ2n) is 4.99. The lowest BCUT2D eigenvalue weighted by Gasteiger charge is -2.11. The first-order chi connectivity index (χ1) is 7.65. The summed E-state index contributed by atoms with van der Waals surface area (Å²) in [5.41, 5.74) is 1.48. The quantitative estimate of drug-likeness (QED) is 0.866. The Kier molecular flexibility index (Phi) is 4.00. The van der Waals surface area contributed by atoms with Gasteiger partial charge in [0, 0.05) is 22.8 Å². The number of hydrogen-bond acceptors (Lipinski definition) is 3. The minimum absolute atomic E-state index is 0.852. The lowest BCUT2D eigenvalue weighted by Crippen LogP contribution is -2.24. The van der Waals surface area contributed by atoms with E-state index in [1.165, 1.54) is 41.4 Å². The largest absolute Gasteiger partial charge is 0.312 e. The molecular formula is C13H22N2S. The Morgan fingerprint density at radius 1 is 1.50 bits per heavy atom. The van der Waals surface area contributed by atoms with E-state index in [9.17, 15) is 0 Å². The molecule has 0 radical (unpaired) electrons. The van der Waals surface area contributed by atoms with Crippen molar-refractivity contribution in [1.82, 2.24) is 10.2 Å². The molecule has 0 bridgehead atoms. The van der Waals surface area contributed by atoms with Gasteiger partial charge in [-0.25, -0.2) is 0 Å². The van der Waals surface area contributed by atoms with Crippen molar-refractivity contribution >= 4 is 11.3 Å². The van der Waals surface area contributed by atoms with Crippen LogP contribution in [-0.2, 0) is 6.54 Å². The van der Waals surface area contributed by atoms with Crippen molar-refractivity contribution in [2.24, 2.45) is 5.92 Å². The summed E-state index contributed by atoms with van der Waals surface area (Å²) in [6.45, 7) is 9.14. The maximum Gasteiger partial charge on any atom is 0.0216 e. The zero-order chi connectivity index (χ0) is 11.5. The van der Waals surface area contributed by atoms with Crippen LogP contribution in [0.1, 0.15) is 21.7 Å². The Morgan fingerprint density at radius 2 is 2.31 bits per heavy atom. The SMILES string of the molecule is Cc1cc(CNCC2CCN(C)C2)c(C)s1. The lowest BCUT2D eigenvalue weighted by molar-refractivity contribution is 0.388. The average molecular weight is 238 g/mol. The molecule has 0 aliphatic carbocycles. The van der Waals surface area contributed by atoms with Gasteiger partial charge in [-0.1, -0.05) is 0 Å². The first-order valence-corrected chi connectivity index (χ1v) is 6.92. The molecule has 90 valence electrons. The van der Waals surface area contributed by atoms with E-state index in [0.29, 0.717) is 0 Å². The van der Waals surface area contributed by atoms with Crippen LogP contribution in [0.25, 0.3) is 0 Å². The first-order valence-electron chi connectivity index (χ1n) is 6.10. The van der Waals surface area contributed by atoms with E-state index in [2.05, 4.69) is 37.2 Å². The summed E-state index contributed by atoms with van der Waals surface area (Å²) in [4.78, 5) is 5.32. The fourth-order valence-electron chi connectivity index (χ4n) is 2.46. The topological polar surface area (TPSA) is 15.3 Å². The molecule has 1 unspecified atom stereocenters.